The summed E-state index contributed by atoms with van der Waals surface area (Å²) in [6.07, 6.45) is 0.00407. The fraction of sp³-hybridized carbons (Fsp3) is 0.850. The Hall–Kier alpha value is -1.71. The van der Waals surface area contributed by atoms with Gasteiger partial charge in [-0.25, -0.2) is 0 Å². The Morgan fingerprint density at radius 3 is 1.48 bits per heavy atom. The molecule has 3 aliphatic rings. The Balaban J connectivity index is 1.58. The van der Waals surface area contributed by atoms with Crippen molar-refractivity contribution >= 4 is 17.9 Å². The molecule has 3 rings (SSSR count). The van der Waals surface area contributed by atoms with E-state index in [1.54, 1.807) is 13.8 Å². The summed E-state index contributed by atoms with van der Waals surface area (Å²) in [6, 6.07) is 0. The van der Waals surface area contributed by atoms with Crippen molar-refractivity contribution < 1.29 is 28.6 Å². The van der Waals surface area contributed by atoms with Crippen LogP contribution in [0, 0.1) is 0 Å². The molecule has 164 valence electrons. The molecular weight excluding hydrogens is 378 g/mol. The van der Waals surface area contributed by atoms with E-state index in [2.05, 4.69) is 14.7 Å². The van der Waals surface area contributed by atoms with Crippen LogP contribution in [0.4, 0.5) is 0 Å². The molecule has 0 aliphatic carbocycles. The Kier molecular flexibility index (Phi) is 7.48. The third kappa shape index (κ3) is 7.56. The summed E-state index contributed by atoms with van der Waals surface area (Å²) < 4.78 is 16.8. The van der Waals surface area contributed by atoms with Gasteiger partial charge in [-0.15, -0.1) is 0 Å². The van der Waals surface area contributed by atoms with E-state index >= 15 is 0 Å². The Morgan fingerprint density at radius 2 is 1.14 bits per heavy atom. The van der Waals surface area contributed by atoms with Crippen molar-refractivity contribution in [2.24, 2.45) is 0 Å². The maximum absolute atomic E-state index is 12.4. The lowest BCUT2D eigenvalue weighted by atomic mass is 10.1. The monoisotopic (exact) mass is 411 g/mol. The molecule has 1 atom stereocenters. The van der Waals surface area contributed by atoms with Crippen molar-refractivity contribution in [2.75, 3.05) is 58.9 Å². The normalized spacial score (nSPS) is 20.1. The molecule has 9 heteroatoms. The number of hydrogen-bond acceptors (Lipinski definition) is 9. The molecule has 1 unspecified atom stereocenters. The quantitative estimate of drug-likeness (QED) is 0.226. The summed E-state index contributed by atoms with van der Waals surface area (Å²) in [4.78, 5) is 43.4. The first-order valence-electron chi connectivity index (χ1n) is 10.7. The van der Waals surface area contributed by atoms with E-state index in [1.165, 1.54) is 0 Å². The predicted octanol–water partition coefficient (Wildman–Crippen LogP) is 0.228. The zero-order valence-corrected chi connectivity index (χ0v) is 17.6. The van der Waals surface area contributed by atoms with E-state index in [0.717, 1.165) is 39.3 Å². The highest BCUT2D eigenvalue weighted by atomic mass is 16.8. The van der Waals surface area contributed by atoms with Crippen molar-refractivity contribution in [1.29, 1.82) is 0 Å². The smallest absolute Gasteiger partial charge is 0.310 e. The van der Waals surface area contributed by atoms with Crippen molar-refractivity contribution in [3.63, 3.8) is 0 Å². The van der Waals surface area contributed by atoms with Gasteiger partial charge in [0.1, 0.15) is 0 Å². The predicted molar refractivity (Wildman–Crippen MR) is 104 cm³/mol. The molecule has 0 amide bonds. The van der Waals surface area contributed by atoms with E-state index in [4.69, 9.17) is 14.2 Å². The van der Waals surface area contributed by atoms with Crippen LogP contribution in [0.5, 0.6) is 0 Å². The minimum absolute atomic E-state index is 0.207. The number of hydrogen-bond donors (Lipinski definition) is 0. The summed E-state index contributed by atoms with van der Waals surface area (Å²) in [5, 5.41) is 0. The summed E-state index contributed by atoms with van der Waals surface area (Å²) >= 11 is 0. The Morgan fingerprint density at radius 1 is 0.759 bits per heavy atom. The van der Waals surface area contributed by atoms with Gasteiger partial charge in [-0.1, -0.05) is 6.92 Å². The zero-order chi connectivity index (χ0) is 20.9. The molecule has 3 saturated heterocycles. The number of ether oxygens (including phenoxy) is 3. The van der Waals surface area contributed by atoms with Crippen LogP contribution in [0.15, 0.2) is 0 Å². The van der Waals surface area contributed by atoms with Gasteiger partial charge in [-0.2, -0.15) is 0 Å². The highest BCUT2D eigenvalue weighted by Crippen LogP contribution is 2.28. The molecule has 3 heterocycles. The fourth-order valence-electron chi connectivity index (χ4n) is 3.08. The molecule has 0 aromatic rings. The molecule has 0 spiro atoms. The number of rotatable bonds is 14. The first kappa shape index (κ1) is 22.0. The minimum atomic E-state index is -1.60. The Bertz CT molecular complexity index is 571. The van der Waals surface area contributed by atoms with Crippen LogP contribution < -0.4 is 0 Å². The molecule has 0 saturated carbocycles. The van der Waals surface area contributed by atoms with Gasteiger partial charge in [-0.05, 0) is 6.92 Å². The van der Waals surface area contributed by atoms with Crippen molar-refractivity contribution in [3.8, 4) is 0 Å². The zero-order valence-electron chi connectivity index (χ0n) is 17.6. The average molecular weight is 411 g/mol. The Labute approximate surface area is 172 Å². The molecule has 29 heavy (non-hydrogen) atoms. The lowest BCUT2D eigenvalue weighted by Gasteiger charge is -2.36. The van der Waals surface area contributed by atoms with Crippen LogP contribution in [-0.2, 0) is 28.6 Å². The lowest BCUT2D eigenvalue weighted by molar-refractivity contribution is -0.264. The number of nitrogens with zero attached hydrogens (tertiary/aromatic N) is 3. The maximum Gasteiger partial charge on any atom is 0.310 e. The summed E-state index contributed by atoms with van der Waals surface area (Å²) in [6.45, 7) is 11.2. The topological polar surface area (TPSA) is 87.9 Å². The summed E-state index contributed by atoms with van der Waals surface area (Å²) in [5.74, 6) is -2.89. The third-order valence-corrected chi connectivity index (χ3v) is 5.51. The van der Waals surface area contributed by atoms with Crippen LogP contribution in [0.2, 0.25) is 0 Å². The summed E-state index contributed by atoms with van der Waals surface area (Å²) in [5.41, 5.74) is 0. The van der Waals surface area contributed by atoms with Crippen molar-refractivity contribution in [2.45, 2.75) is 51.4 Å². The van der Waals surface area contributed by atoms with Crippen LogP contribution in [0.3, 0.4) is 0 Å². The molecule has 0 N–H and O–H groups in total. The van der Waals surface area contributed by atoms with Crippen molar-refractivity contribution in [1.82, 2.24) is 14.7 Å². The molecule has 0 aromatic carbocycles. The molecule has 0 radical (unpaired) electrons. The van der Waals surface area contributed by atoms with Gasteiger partial charge in [0.25, 0.3) is 5.79 Å². The number of carbonyl (C=O) groups excluding carboxylic acids is 3. The SMILES string of the molecule is CCC(OC(=O)CCN1CC1)(OC(=O)CCN1CC1)C(C)OC(=O)CCN1CC1. The number of carbonyl (C=O) groups is 3. The third-order valence-electron chi connectivity index (χ3n) is 5.51. The highest BCUT2D eigenvalue weighted by molar-refractivity contribution is 5.73. The second-order valence-electron chi connectivity index (χ2n) is 8.02. The largest absolute Gasteiger partial charge is 0.454 e. The van der Waals surface area contributed by atoms with E-state index in [-0.39, 0.29) is 31.7 Å². The van der Waals surface area contributed by atoms with E-state index in [0.29, 0.717) is 19.6 Å². The molecule has 0 aromatic heterocycles. The van der Waals surface area contributed by atoms with Crippen LogP contribution in [0.25, 0.3) is 0 Å². The molecule has 3 aliphatic heterocycles. The van der Waals surface area contributed by atoms with Gasteiger partial charge < -0.3 is 28.9 Å². The van der Waals surface area contributed by atoms with E-state index < -0.39 is 23.8 Å². The minimum Gasteiger partial charge on any atom is -0.454 e. The summed E-state index contributed by atoms with van der Waals surface area (Å²) in [7, 11) is 0. The number of esters is 3. The van der Waals surface area contributed by atoms with Gasteiger partial charge in [0.15, 0.2) is 6.10 Å². The first-order chi connectivity index (χ1) is 13.9. The van der Waals surface area contributed by atoms with Gasteiger partial charge in [0.05, 0.1) is 19.3 Å². The van der Waals surface area contributed by atoms with E-state index in [9.17, 15) is 14.4 Å². The molecule has 0 bridgehead atoms. The van der Waals surface area contributed by atoms with Crippen LogP contribution >= 0.6 is 0 Å². The second kappa shape index (κ2) is 9.86. The first-order valence-corrected chi connectivity index (χ1v) is 10.7. The van der Waals surface area contributed by atoms with Gasteiger partial charge in [0.2, 0.25) is 0 Å². The maximum atomic E-state index is 12.4. The van der Waals surface area contributed by atoms with E-state index in [1.807, 2.05) is 0 Å². The standard InChI is InChI=1S/C20H33N3O6/c1-3-20(28-18(25)5-8-22-12-13-22,29-19(26)6-9-23-14-15-23)16(2)27-17(24)4-7-21-10-11-21/h16H,3-15H2,1-2H3. The van der Waals surface area contributed by atoms with Crippen LogP contribution in [0.1, 0.15) is 39.5 Å². The molecular formula is C20H33N3O6. The van der Waals surface area contributed by atoms with Crippen LogP contribution in [-0.4, -0.2) is 103 Å². The van der Waals surface area contributed by atoms with Gasteiger partial charge in [0, 0.05) is 65.3 Å². The van der Waals surface area contributed by atoms with Gasteiger partial charge >= 0.3 is 17.9 Å². The lowest BCUT2D eigenvalue weighted by Crippen LogP contribution is -2.50. The van der Waals surface area contributed by atoms with Gasteiger partial charge in [-0.3, -0.25) is 14.4 Å². The van der Waals surface area contributed by atoms with Crippen molar-refractivity contribution in [3.05, 3.63) is 0 Å². The fourth-order valence-corrected chi connectivity index (χ4v) is 3.08. The highest BCUT2D eigenvalue weighted by Gasteiger charge is 2.45. The molecule has 3 fully saturated rings. The molecule has 9 nitrogen and oxygen atoms in total. The second-order valence-corrected chi connectivity index (χ2v) is 8.02. The average Bonchev–Trinajstić information content (AvgIpc) is 3.56.